The van der Waals surface area contributed by atoms with Crippen LogP contribution in [0.15, 0.2) is 121 Å². The van der Waals surface area contributed by atoms with E-state index in [9.17, 15) is 10.2 Å². The largest absolute Gasteiger partial charge is 0.505 e. The van der Waals surface area contributed by atoms with E-state index in [1.807, 2.05) is 24.3 Å². The third-order valence-electron chi connectivity index (χ3n) is 19.3. The molecule has 2 heterocycles. The number of aromatic hydroxyl groups is 2. The molecule has 0 aliphatic rings. The average molecular weight is 1320 g/mol. The summed E-state index contributed by atoms with van der Waals surface area (Å²) in [6.45, 7) is 55.2. The maximum atomic E-state index is 13.4. The van der Waals surface area contributed by atoms with Gasteiger partial charge in [0.15, 0.2) is 23.0 Å². The van der Waals surface area contributed by atoms with E-state index in [4.69, 9.17) is 32.7 Å². The summed E-state index contributed by atoms with van der Waals surface area (Å²) in [7, 11) is 0. The van der Waals surface area contributed by atoms with Crippen molar-refractivity contribution in [1.82, 2.24) is 9.13 Å². The molecule has 0 saturated carbocycles. The van der Waals surface area contributed by atoms with E-state index in [-0.39, 0.29) is 44.0 Å². The van der Waals surface area contributed by atoms with E-state index in [1.165, 1.54) is 22.3 Å². The normalized spacial score (nSPS) is 13.3. The van der Waals surface area contributed by atoms with Gasteiger partial charge in [-0.05, 0) is 219 Å². The molecule has 8 heteroatoms. The topological polar surface area (TPSA) is 68.8 Å². The van der Waals surface area contributed by atoms with Crippen LogP contribution >= 0.6 is 23.2 Å². The third-order valence-corrected chi connectivity index (χ3v) is 19.7. The van der Waals surface area contributed by atoms with Gasteiger partial charge in [0.05, 0.1) is 35.3 Å². The number of ether oxygens (including phenoxy) is 2. The Balaban J connectivity index is 1.11. The Bertz CT molecular complexity index is 4110. The number of phenols is 2. The highest BCUT2D eigenvalue weighted by Gasteiger charge is 2.38. The molecule has 6 nitrogen and oxygen atoms in total. The zero-order chi connectivity index (χ0) is 69.8. The molecule has 0 radical (unpaired) electrons. The van der Waals surface area contributed by atoms with Gasteiger partial charge in [0.1, 0.15) is 11.4 Å². The molecular formula is C87H108Cl2N2O4. The standard InChI is InChI=1S/C87H108Cl2N2O4/c1-52-38-54(42-60(88)40-52)62-48-68(86(21,22)50-80(3,4)5)78(74(76(62)92)90-70-32-28-56(82(9,10)11)44-64(70)65-45-57(83(12,13)14)29-33-71(65)90)94-36-26-25-27-37-95-79-69(87(23,24)51-81(6,7)8)49-63(55-39-53(2)41-61(89)43-55)77(93)75(79)91-72-34-30-58(84(15,16)17)46-66(72)67-47-59(85(18,19)20)31-35-73(67)91/h28-35,38-49,92-93H,25-27,36-37,50-51H2,1-24H3. The Hall–Kier alpha value is -6.86. The molecule has 504 valence electrons. The lowest BCUT2D eigenvalue weighted by atomic mass is 9.71. The van der Waals surface area contributed by atoms with Crippen LogP contribution in [0.4, 0.5) is 0 Å². The average Bonchev–Trinajstić information content (AvgIpc) is 1.62. The van der Waals surface area contributed by atoms with Crippen LogP contribution < -0.4 is 9.47 Å². The van der Waals surface area contributed by atoms with E-state index in [0.717, 1.165) is 96.3 Å². The Morgan fingerprint density at radius 1 is 0.358 bits per heavy atom. The van der Waals surface area contributed by atoms with Crippen molar-refractivity contribution in [1.29, 1.82) is 0 Å². The number of halogens is 2. The number of fused-ring (bicyclic) bond motifs is 6. The first kappa shape index (κ1) is 70.9. The van der Waals surface area contributed by atoms with E-state index in [1.54, 1.807) is 0 Å². The molecule has 0 atom stereocenters. The van der Waals surface area contributed by atoms with E-state index >= 15 is 0 Å². The first-order valence-corrected chi connectivity index (χ1v) is 35.4. The molecule has 0 unspecified atom stereocenters. The number of phenolic OH excluding ortho intramolecular Hbond substituents is 2. The van der Waals surface area contributed by atoms with Gasteiger partial charge in [-0.25, -0.2) is 0 Å². The minimum absolute atomic E-state index is 0.0502. The van der Waals surface area contributed by atoms with Crippen LogP contribution in [0.2, 0.25) is 10.0 Å². The van der Waals surface area contributed by atoms with E-state index in [0.29, 0.717) is 70.1 Å². The highest BCUT2D eigenvalue weighted by molar-refractivity contribution is 6.31. The molecule has 0 aliphatic carbocycles. The molecule has 0 fully saturated rings. The minimum atomic E-state index is -0.424. The monoisotopic (exact) mass is 1310 g/mol. The molecule has 0 amide bonds. The molecule has 95 heavy (non-hydrogen) atoms. The van der Waals surface area contributed by atoms with Crippen molar-refractivity contribution in [3.05, 3.63) is 176 Å². The summed E-state index contributed by atoms with van der Waals surface area (Å²) in [5.74, 6) is 1.62. The summed E-state index contributed by atoms with van der Waals surface area (Å²) in [5, 5.41) is 32.6. The maximum absolute atomic E-state index is 13.4. The molecule has 10 aromatic rings. The van der Waals surface area contributed by atoms with Crippen LogP contribution in [-0.2, 0) is 32.5 Å². The molecule has 10 rings (SSSR count). The van der Waals surface area contributed by atoms with Crippen molar-refractivity contribution >= 4 is 66.8 Å². The number of hydrogen-bond donors (Lipinski definition) is 2. The van der Waals surface area contributed by atoms with Gasteiger partial charge >= 0.3 is 0 Å². The van der Waals surface area contributed by atoms with E-state index < -0.39 is 10.8 Å². The Morgan fingerprint density at radius 3 is 0.895 bits per heavy atom. The molecular weight excluding hydrogens is 1210 g/mol. The first-order chi connectivity index (χ1) is 43.8. The summed E-state index contributed by atoms with van der Waals surface area (Å²) < 4.78 is 19.4. The maximum Gasteiger partial charge on any atom is 0.151 e. The van der Waals surface area contributed by atoms with Crippen LogP contribution in [0.25, 0.3) is 77.2 Å². The lowest BCUT2D eigenvalue weighted by Crippen LogP contribution is -2.26. The number of rotatable bonds is 16. The molecule has 0 spiro atoms. The van der Waals surface area contributed by atoms with Gasteiger partial charge in [0, 0.05) is 53.8 Å². The number of hydrogen-bond acceptors (Lipinski definition) is 4. The highest BCUT2D eigenvalue weighted by atomic mass is 35.5. The van der Waals surface area contributed by atoms with Crippen molar-refractivity contribution in [2.45, 2.75) is 231 Å². The zero-order valence-electron chi connectivity index (χ0n) is 61.9. The van der Waals surface area contributed by atoms with Crippen molar-refractivity contribution in [2.24, 2.45) is 10.8 Å². The summed E-state index contributed by atoms with van der Waals surface area (Å²) in [4.78, 5) is 0. The lowest BCUT2D eigenvalue weighted by Gasteiger charge is -2.35. The number of aromatic nitrogens is 2. The Morgan fingerprint density at radius 2 is 0.642 bits per heavy atom. The van der Waals surface area contributed by atoms with E-state index in [2.05, 4.69) is 272 Å². The molecule has 0 bridgehead atoms. The van der Waals surface area contributed by atoms with Crippen molar-refractivity contribution in [2.75, 3.05) is 13.2 Å². The van der Waals surface area contributed by atoms with Gasteiger partial charge < -0.3 is 28.8 Å². The Labute approximate surface area is 579 Å². The second-order valence-corrected chi connectivity index (χ2v) is 36.5. The van der Waals surface area contributed by atoms with Gasteiger partial charge in [0.2, 0.25) is 0 Å². The predicted molar refractivity (Wildman–Crippen MR) is 409 cm³/mol. The van der Waals surface area contributed by atoms with Crippen molar-refractivity contribution < 1.29 is 19.7 Å². The third kappa shape index (κ3) is 14.7. The minimum Gasteiger partial charge on any atom is -0.505 e. The second kappa shape index (κ2) is 25.2. The number of unbranched alkanes of at least 4 members (excludes halogenated alkanes) is 2. The van der Waals surface area contributed by atoms with Crippen LogP contribution in [0.1, 0.15) is 229 Å². The first-order valence-electron chi connectivity index (χ1n) is 34.6. The molecule has 2 aromatic heterocycles. The fourth-order valence-corrected chi connectivity index (χ4v) is 15.8. The summed E-state index contributed by atoms with van der Waals surface area (Å²) >= 11 is 13.8. The summed E-state index contributed by atoms with van der Waals surface area (Å²) in [6, 6.07) is 43.8. The zero-order valence-corrected chi connectivity index (χ0v) is 63.4. The van der Waals surface area contributed by atoms with Crippen LogP contribution in [0.3, 0.4) is 0 Å². The lowest BCUT2D eigenvalue weighted by molar-refractivity contribution is 0.252. The number of nitrogens with zero attached hydrogens (tertiary/aromatic N) is 2. The summed E-state index contributed by atoms with van der Waals surface area (Å²) in [5.41, 5.74) is 16.0. The van der Waals surface area contributed by atoms with Crippen molar-refractivity contribution in [3.8, 4) is 56.6 Å². The highest BCUT2D eigenvalue weighted by Crippen LogP contribution is 2.55. The van der Waals surface area contributed by atoms with Crippen LogP contribution in [-0.4, -0.2) is 32.6 Å². The van der Waals surface area contributed by atoms with Gasteiger partial charge in [-0.3, -0.25) is 0 Å². The summed E-state index contributed by atoms with van der Waals surface area (Å²) in [6.07, 6.45) is 3.90. The second-order valence-electron chi connectivity index (χ2n) is 35.6. The smallest absolute Gasteiger partial charge is 0.151 e. The van der Waals surface area contributed by atoms with Crippen LogP contribution in [0, 0.1) is 24.7 Å². The van der Waals surface area contributed by atoms with Gasteiger partial charge in [-0.2, -0.15) is 0 Å². The fraction of sp³-hybridized carbons (Fsp3) is 0.448. The predicted octanol–water partition coefficient (Wildman–Crippen LogP) is 25.8. The molecule has 8 aromatic carbocycles. The molecule has 0 saturated heterocycles. The molecule has 2 N–H and O–H groups in total. The van der Waals surface area contributed by atoms with Crippen LogP contribution in [0.5, 0.6) is 23.0 Å². The quantitative estimate of drug-likeness (QED) is 0.0946. The Kier molecular flexibility index (Phi) is 18.8. The van der Waals surface area contributed by atoms with Gasteiger partial charge in [-0.15, -0.1) is 0 Å². The number of benzene rings is 8. The van der Waals surface area contributed by atoms with Crippen molar-refractivity contribution in [3.63, 3.8) is 0 Å². The SMILES string of the molecule is Cc1cc(Cl)cc(-c2cc(C(C)(C)CC(C)(C)C)c(OCCCCCOc3c(C(C)(C)CC(C)(C)C)cc(-c4cc(C)cc(Cl)c4)c(O)c3-n3c4ccc(C(C)(C)C)cc4c4cc(C(C)(C)C)ccc43)c(-n3c4ccc(C(C)(C)C)cc4c4cc(C(C)(C)C)ccc43)c2O)c1. The number of aryl methyl sites for hydroxylation is 2. The van der Waals surface area contributed by atoms with Gasteiger partial charge in [-0.1, -0.05) is 212 Å². The fourth-order valence-electron chi connectivity index (χ4n) is 15.2. The molecule has 0 aliphatic heterocycles. The van der Waals surface area contributed by atoms with Gasteiger partial charge in [0.25, 0.3) is 0 Å².